The van der Waals surface area contributed by atoms with Gasteiger partial charge in [0.05, 0.1) is 6.61 Å². The number of hydrogen-bond acceptors (Lipinski definition) is 2. The largest absolute Gasteiger partial charge is 0.353 e. The first kappa shape index (κ1) is 9.49. The van der Waals surface area contributed by atoms with Gasteiger partial charge in [0.15, 0.2) is 6.29 Å². The van der Waals surface area contributed by atoms with Crippen LogP contribution in [0.15, 0.2) is 0 Å². The Morgan fingerprint density at radius 2 is 2.36 bits per heavy atom. The predicted molar refractivity (Wildman–Crippen MR) is 48.0 cm³/mol. The fourth-order valence-electron chi connectivity index (χ4n) is 1.11. The Hall–Kier alpha value is 0.400. The molecule has 1 rings (SSSR count). The van der Waals surface area contributed by atoms with Crippen molar-refractivity contribution in [3.8, 4) is 0 Å². The summed E-state index contributed by atoms with van der Waals surface area (Å²) in [5.74, 6) is 0. The standard InChI is InChI=1S/C8H15BrO2/c9-5-3-7-11-8-4-1-2-6-10-8/h8H,1-7H2/t8-/m1/s1. The minimum absolute atomic E-state index is 0.0859. The number of ether oxygens (including phenoxy) is 2. The highest BCUT2D eigenvalue weighted by molar-refractivity contribution is 9.09. The topological polar surface area (TPSA) is 18.5 Å². The fraction of sp³-hybridized carbons (Fsp3) is 1.00. The van der Waals surface area contributed by atoms with Crippen molar-refractivity contribution in [2.75, 3.05) is 18.5 Å². The molecule has 0 unspecified atom stereocenters. The van der Waals surface area contributed by atoms with Crippen LogP contribution in [0.25, 0.3) is 0 Å². The molecule has 0 aromatic carbocycles. The summed E-state index contributed by atoms with van der Waals surface area (Å²) in [4.78, 5) is 0. The van der Waals surface area contributed by atoms with Crippen LogP contribution < -0.4 is 0 Å². The summed E-state index contributed by atoms with van der Waals surface area (Å²) in [5.41, 5.74) is 0. The van der Waals surface area contributed by atoms with Gasteiger partial charge in [-0.25, -0.2) is 0 Å². The lowest BCUT2D eigenvalue weighted by Crippen LogP contribution is -2.22. The minimum Gasteiger partial charge on any atom is -0.353 e. The summed E-state index contributed by atoms with van der Waals surface area (Å²) < 4.78 is 10.9. The Morgan fingerprint density at radius 3 is 3.00 bits per heavy atom. The minimum atomic E-state index is 0.0859. The average Bonchev–Trinajstić information content (AvgIpc) is 2.07. The molecule has 0 saturated carbocycles. The lowest BCUT2D eigenvalue weighted by molar-refractivity contribution is -0.161. The quantitative estimate of drug-likeness (QED) is 0.537. The molecule has 1 saturated heterocycles. The molecule has 0 aromatic rings. The van der Waals surface area contributed by atoms with Crippen LogP contribution in [0.4, 0.5) is 0 Å². The van der Waals surface area contributed by atoms with Crippen molar-refractivity contribution in [3.05, 3.63) is 0 Å². The zero-order valence-electron chi connectivity index (χ0n) is 6.72. The molecular formula is C8H15BrO2. The molecule has 1 aliphatic rings. The van der Waals surface area contributed by atoms with Gasteiger partial charge in [0, 0.05) is 11.9 Å². The van der Waals surface area contributed by atoms with E-state index >= 15 is 0 Å². The Bertz CT molecular complexity index is 92.1. The normalized spacial score (nSPS) is 25.4. The smallest absolute Gasteiger partial charge is 0.157 e. The molecule has 1 fully saturated rings. The van der Waals surface area contributed by atoms with E-state index in [-0.39, 0.29) is 6.29 Å². The average molecular weight is 223 g/mol. The van der Waals surface area contributed by atoms with Crippen molar-refractivity contribution in [3.63, 3.8) is 0 Å². The van der Waals surface area contributed by atoms with Crippen molar-refractivity contribution < 1.29 is 9.47 Å². The van der Waals surface area contributed by atoms with Gasteiger partial charge >= 0.3 is 0 Å². The van der Waals surface area contributed by atoms with Crippen molar-refractivity contribution in [1.82, 2.24) is 0 Å². The van der Waals surface area contributed by atoms with E-state index in [1.165, 1.54) is 12.8 Å². The maximum absolute atomic E-state index is 5.47. The molecule has 66 valence electrons. The first-order valence-electron chi connectivity index (χ1n) is 4.22. The third-order valence-corrected chi connectivity index (χ3v) is 2.28. The highest BCUT2D eigenvalue weighted by Crippen LogP contribution is 2.13. The first-order chi connectivity index (χ1) is 5.43. The van der Waals surface area contributed by atoms with Gasteiger partial charge in [-0.15, -0.1) is 0 Å². The number of alkyl halides is 1. The Balaban J connectivity index is 1.96. The van der Waals surface area contributed by atoms with Crippen molar-refractivity contribution >= 4 is 15.9 Å². The van der Waals surface area contributed by atoms with Crippen molar-refractivity contribution in [2.45, 2.75) is 32.0 Å². The van der Waals surface area contributed by atoms with Gasteiger partial charge in [-0.05, 0) is 25.7 Å². The zero-order chi connectivity index (χ0) is 7.94. The van der Waals surface area contributed by atoms with Gasteiger partial charge in [0.2, 0.25) is 0 Å². The van der Waals surface area contributed by atoms with Gasteiger partial charge in [0.1, 0.15) is 0 Å². The second-order valence-electron chi connectivity index (χ2n) is 2.71. The second-order valence-corrected chi connectivity index (χ2v) is 3.50. The first-order valence-corrected chi connectivity index (χ1v) is 5.35. The van der Waals surface area contributed by atoms with Crippen LogP contribution >= 0.6 is 15.9 Å². The van der Waals surface area contributed by atoms with Crippen molar-refractivity contribution in [1.29, 1.82) is 0 Å². The van der Waals surface area contributed by atoms with E-state index in [0.717, 1.165) is 31.4 Å². The van der Waals surface area contributed by atoms with Crippen LogP contribution in [0.1, 0.15) is 25.7 Å². The van der Waals surface area contributed by atoms with Crippen LogP contribution in [0, 0.1) is 0 Å². The summed E-state index contributed by atoms with van der Waals surface area (Å²) in [5, 5.41) is 1.01. The van der Waals surface area contributed by atoms with Crippen LogP contribution in [-0.4, -0.2) is 24.8 Å². The summed E-state index contributed by atoms with van der Waals surface area (Å²) in [6.07, 6.45) is 4.67. The van der Waals surface area contributed by atoms with E-state index in [9.17, 15) is 0 Å². The molecular weight excluding hydrogens is 208 g/mol. The molecule has 0 amide bonds. The van der Waals surface area contributed by atoms with Crippen LogP contribution in [0.2, 0.25) is 0 Å². The van der Waals surface area contributed by atoms with E-state index < -0.39 is 0 Å². The maximum Gasteiger partial charge on any atom is 0.157 e. The number of hydrogen-bond donors (Lipinski definition) is 0. The van der Waals surface area contributed by atoms with Gasteiger partial charge in [-0.1, -0.05) is 15.9 Å². The highest BCUT2D eigenvalue weighted by atomic mass is 79.9. The van der Waals surface area contributed by atoms with Crippen molar-refractivity contribution in [2.24, 2.45) is 0 Å². The summed E-state index contributed by atoms with van der Waals surface area (Å²) in [6, 6.07) is 0. The molecule has 0 aromatic heterocycles. The predicted octanol–water partition coefficient (Wildman–Crippen LogP) is 2.31. The SMILES string of the molecule is BrCCCO[C@@H]1CCCCO1. The molecule has 3 heteroatoms. The summed E-state index contributed by atoms with van der Waals surface area (Å²) in [6.45, 7) is 1.69. The second kappa shape index (κ2) is 5.98. The lowest BCUT2D eigenvalue weighted by atomic mass is 10.2. The highest BCUT2D eigenvalue weighted by Gasteiger charge is 2.12. The molecule has 0 bridgehead atoms. The Labute approximate surface area is 76.4 Å². The maximum atomic E-state index is 5.47. The molecule has 1 atom stereocenters. The third-order valence-electron chi connectivity index (χ3n) is 1.72. The monoisotopic (exact) mass is 222 g/mol. The van der Waals surface area contributed by atoms with Gasteiger partial charge < -0.3 is 9.47 Å². The van der Waals surface area contributed by atoms with Gasteiger partial charge in [-0.2, -0.15) is 0 Å². The van der Waals surface area contributed by atoms with Gasteiger partial charge in [-0.3, -0.25) is 0 Å². The fourth-order valence-corrected chi connectivity index (χ4v) is 1.34. The van der Waals surface area contributed by atoms with Crippen LogP contribution in [-0.2, 0) is 9.47 Å². The zero-order valence-corrected chi connectivity index (χ0v) is 8.31. The molecule has 2 nitrogen and oxygen atoms in total. The molecule has 0 radical (unpaired) electrons. The van der Waals surface area contributed by atoms with Gasteiger partial charge in [0.25, 0.3) is 0 Å². The molecule has 0 N–H and O–H groups in total. The van der Waals surface area contributed by atoms with E-state index in [0.29, 0.717) is 0 Å². The lowest BCUT2D eigenvalue weighted by Gasteiger charge is -2.22. The Kier molecular flexibility index (Phi) is 5.15. The summed E-state index contributed by atoms with van der Waals surface area (Å²) >= 11 is 3.35. The number of rotatable bonds is 4. The number of halogens is 1. The molecule has 1 heterocycles. The van der Waals surface area contributed by atoms with Crippen LogP contribution in [0.3, 0.4) is 0 Å². The third kappa shape index (κ3) is 4.09. The van der Waals surface area contributed by atoms with E-state index in [4.69, 9.17) is 9.47 Å². The summed E-state index contributed by atoms with van der Waals surface area (Å²) in [7, 11) is 0. The molecule has 0 spiro atoms. The molecule has 11 heavy (non-hydrogen) atoms. The van der Waals surface area contributed by atoms with E-state index in [1.54, 1.807) is 0 Å². The van der Waals surface area contributed by atoms with E-state index in [2.05, 4.69) is 15.9 Å². The molecule has 0 aliphatic carbocycles. The molecule has 1 aliphatic heterocycles. The van der Waals surface area contributed by atoms with E-state index in [1.807, 2.05) is 0 Å². The van der Waals surface area contributed by atoms with Crippen LogP contribution in [0.5, 0.6) is 0 Å². The Morgan fingerprint density at radius 1 is 1.45 bits per heavy atom.